The molecule has 5 nitrogen and oxygen atoms in total. The highest BCUT2D eigenvalue weighted by molar-refractivity contribution is 5.79. The minimum absolute atomic E-state index is 0.192. The number of phenols is 1. The molecule has 0 aliphatic heterocycles. The summed E-state index contributed by atoms with van der Waals surface area (Å²) in [4.78, 5) is 13.0. The van der Waals surface area contributed by atoms with E-state index in [0.29, 0.717) is 18.7 Å². The number of benzene rings is 1. The van der Waals surface area contributed by atoms with Crippen LogP contribution < -0.4 is 4.57 Å². The second-order valence-corrected chi connectivity index (χ2v) is 7.61. The van der Waals surface area contributed by atoms with Crippen molar-refractivity contribution in [3.63, 3.8) is 0 Å². The van der Waals surface area contributed by atoms with Crippen LogP contribution in [-0.4, -0.2) is 22.2 Å². The van der Waals surface area contributed by atoms with Crippen LogP contribution in [0.25, 0.3) is 0 Å². The third kappa shape index (κ3) is 4.71. The van der Waals surface area contributed by atoms with E-state index >= 15 is 0 Å². The molecule has 0 saturated heterocycles. The van der Waals surface area contributed by atoms with E-state index < -0.39 is 0 Å². The number of aryl methyl sites for hydroxylation is 1. The molecule has 0 amide bonds. The van der Waals surface area contributed by atoms with Crippen LogP contribution in [-0.2, 0) is 23.1 Å². The molecule has 0 bridgehead atoms. The Morgan fingerprint density at radius 1 is 1.26 bits per heavy atom. The van der Waals surface area contributed by atoms with Gasteiger partial charge >= 0.3 is 5.97 Å². The van der Waals surface area contributed by atoms with E-state index in [1.807, 2.05) is 43.1 Å². The molecule has 1 aromatic carbocycles. The average Bonchev–Trinajstić information content (AvgIpc) is 2.86. The standard InChI is InChI=1S/C22H30N2O3/c1-17-23(2)13-14-24(17)15-16-27-22(26)21(18-9-5-3-4-6-10-18)19-11-7-8-12-20(19)25/h7-8,11-14,18,21H,3-6,9-10,15-16H2,1-2H3/p+1. The van der Waals surface area contributed by atoms with Crippen molar-refractivity contribution in [2.24, 2.45) is 13.0 Å². The van der Waals surface area contributed by atoms with Gasteiger partial charge in [0.2, 0.25) is 0 Å². The lowest BCUT2D eigenvalue weighted by molar-refractivity contribution is -0.677. The fraction of sp³-hybridized carbons (Fsp3) is 0.545. The lowest BCUT2D eigenvalue weighted by Gasteiger charge is -2.25. The smallest absolute Gasteiger partial charge is 0.313 e. The van der Waals surface area contributed by atoms with E-state index in [0.717, 1.165) is 31.5 Å². The summed E-state index contributed by atoms with van der Waals surface area (Å²) >= 11 is 0. The number of aromatic nitrogens is 2. The first-order chi connectivity index (χ1) is 13.1. The van der Waals surface area contributed by atoms with Gasteiger partial charge < -0.3 is 9.84 Å². The monoisotopic (exact) mass is 371 g/mol. The van der Waals surface area contributed by atoms with Gasteiger partial charge in [-0.15, -0.1) is 0 Å². The minimum atomic E-state index is -0.383. The third-order valence-corrected chi connectivity index (χ3v) is 5.87. The molecule has 2 aromatic rings. The van der Waals surface area contributed by atoms with Gasteiger partial charge in [0.15, 0.2) is 0 Å². The molecule has 3 rings (SSSR count). The van der Waals surface area contributed by atoms with Gasteiger partial charge in [-0.3, -0.25) is 4.79 Å². The highest BCUT2D eigenvalue weighted by Gasteiger charge is 2.33. The number of phenolic OH excluding ortho intramolecular Hbond substituents is 1. The van der Waals surface area contributed by atoms with Gasteiger partial charge in [0.25, 0.3) is 5.82 Å². The predicted octanol–water partition coefficient (Wildman–Crippen LogP) is 3.62. The quantitative estimate of drug-likeness (QED) is 0.479. The number of carbonyl (C=O) groups is 1. The first-order valence-electron chi connectivity index (χ1n) is 10.0. The van der Waals surface area contributed by atoms with Crippen molar-refractivity contribution >= 4 is 5.97 Å². The molecule has 146 valence electrons. The van der Waals surface area contributed by atoms with Crippen LogP contribution in [0.5, 0.6) is 5.75 Å². The molecular formula is C22H31N2O3+. The van der Waals surface area contributed by atoms with Gasteiger partial charge in [0, 0.05) is 12.5 Å². The molecule has 1 fully saturated rings. The van der Waals surface area contributed by atoms with Crippen molar-refractivity contribution in [3.8, 4) is 5.75 Å². The van der Waals surface area contributed by atoms with E-state index in [1.54, 1.807) is 12.1 Å². The zero-order valence-electron chi connectivity index (χ0n) is 16.4. The molecule has 1 unspecified atom stereocenters. The van der Waals surface area contributed by atoms with E-state index in [9.17, 15) is 9.90 Å². The number of para-hydroxylation sites is 1. The molecule has 1 aliphatic rings. The average molecular weight is 372 g/mol. The number of aromatic hydroxyl groups is 1. The second-order valence-electron chi connectivity index (χ2n) is 7.61. The summed E-state index contributed by atoms with van der Waals surface area (Å²) in [6.07, 6.45) is 10.7. The molecule has 27 heavy (non-hydrogen) atoms. The van der Waals surface area contributed by atoms with E-state index in [-0.39, 0.29) is 23.6 Å². The summed E-state index contributed by atoms with van der Waals surface area (Å²) < 4.78 is 9.81. The van der Waals surface area contributed by atoms with Crippen LogP contribution in [0.4, 0.5) is 0 Å². The molecule has 0 radical (unpaired) electrons. The lowest BCUT2D eigenvalue weighted by atomic mass is 9.81. The Labute approximate surface area is 161 Å². The van der Waals surface area contributed by atoms with Crippen molar-refractivity contribution in [1.29, 1.82) is 0 Å². The molecule has 1 aromatic heterocycles. The highest BCUT2D eigenvalue weighted by Crippen LogP contribution is 2.39. The lowest BCUT2D eigenvalue weighted by Crippen LogP contribution is -2.30. The molecule has 1 heterocycles. The predicted molar refractivity (Wildman–Crippen MR) is 103 cm³/mol. The third-order valence-electron chi connectivity index (χ3n) is 5.87. The fourth-order valence-corrected chi connectivity index (χ4v) is 4.14. The van der Waals surface area contributed by atoms with Crippen LogP contribution in [0.3, 0.4) is 0 Å². The van der Waals surface area contributed by atoms with Gasteiger partial charge in [-0.05, 0) is 24.8 Å². The number of hydrogen-bond donors (Lipinski definition) is 1. The second kappa shape index (κ2) is 9.07. The zero-order chi connectivity index (χ0) is 19.2. The molecule has 1 aliphatic carbocycles. The van der Waals surface area contributed by atoms with Crippen LogP contribution in [0, 0.1) is 12.8 Å². The van der Waals surface area contributed by atoms with Crippen molar-refractivity contribution < 1.29 is 19.2 Å². The van der Waals surface area contributed by atoms with Gasteiger partial charge in [0.05, 0.1) is 13.0 Å². The molecule has 1 saturated carbocycles. The summed E-state index contributed by atoms with van der Waals surface area (Å²) in [6.45, 7) is 3.01. The Hall–Kier alpha value is -2.30. The maximum Gasteiger partial charge on any atom is 0.313 e. The highest BCUT2D eigenvalue weighted by atomic mass is 16.5. The first-order valence-corrected chi connectivity index (χ1v) is 10.0. The number of rotatable bonds is 6. The van der Waals surface area contributed by atoms with Crippen molar-refractivity contribution in [1.82, 2.24) is 4.57 Å². The van der Waals surface area contributed by atoms with Crippen molar-refractivity contribution in [2.45, 2.75) is 57.9 Å². The summed E-state index contributed by atoms with van der Waals surface area (Å²) in [5.41, 5.74) is 0.706. The van der Waals surface area contributed by atoms with Gasteiger partial charge in [-0.2, -0.15) is 0 Å². The normalized spacial score (nSPS) is 16.7. The van der Waals surface area contributed by atoms with Gasteiger partial charge in [0.1, 0.15) is 31.3 Å². The van der Waals surface area contributed by atoms with Crippen LogP contribution in [0.1, 0.15) is 55.8 Å². The summed E-state index contributed by atoms with van der Waals surface area (Å²) in [7, 11) is 2.00. The van der Waals surface area contributed by atoms with Gasteiger partial charge in [-0.1, -0.05) is 43.9 Å². The van der Waals surface area contributed by atoms with E-state index in [2.05, 4.69) is 4.57 Å². The van der Waals surface area contributed by atoms with Crippen molar-refractivity contribution in [3.05, 3.63) is 48.0 Å². The number of imidazole rings is 1. The largest absolute Gasteiger partial charge is 0.508 e. The zero-order valence-corrected chi connectivity index (χ0v) is 16.4. The first kappa shape index (κ1) is 19.5. The summed E-state index contributed by atoms with van der Waals surface area (Å²) in [5, 5.41) is 10.4. The van der Waals surface area contributed by atoms with Crippen LogP contribution in [0.15, 0.2) is 36.7 Å². The maximum absolute atomic E-state index is 13.0. The molecule has 5 heteroatoms. The fourth-order valence-electron chi connectivity index (χ4n) is 4.14. The van der Waals surface area contributed by atoms with Crippen molar-refractivity contribution in [2.75, 3.05) is 6.61 Å². The number of esters is 1. The number of carbonyl (C=O) groups excluding carboxylic acids is 1. The minimum Gasteiger partial charge on any atom is -0.508 e. The molecular weight excluding hydrogens is 340 g/mol. The Bertz CT molecular complexity index is 761. The van der Waals surface area contributed by atoms with Crippen LogP contribution >= 0.6 is 0 Å². The Morgan fingerprint density at radius 3 is 2.59 bits per heavy atom. The van der Waals surface area contributed by atoms with Gasteiger partial charge in [-0.25, -0.2) is 9.13 Å². The summed E-state index contributed by atoms with van der Waals surface area (Å²) in [5.74, 6) is 0.951. The Kier molecular flexibility index (Phi) is 6.54. The number of hydrogen-bond acceptors (Lipinski definition) is 3. The van der Waals surface area contributed by atoms with E-state index in [1.165, 1.54) is 12.8 Å². The van der Waals surface area contributed by atoms with Crippen LogP contribution in [0.2, 0.25) is 0 Å². The Morgan fingerprint density at radius 2 is 1.96 bits per heavy atom. The van der Waals surface area contributed by atoms with E-state index in [4.69, 9.17) is 4.74 Å². The molecule has 0 spiro atoms. The number of ether oxygens (including phenoxy) is 1. The molecule has 1 atom stereocenters. The molecule has 1 N–H and O–H groups in total. The Balaban J connectivity index is 1.72. The number of nitrogens with zero attached hydrogens (tertiary/aromatic N) is 2. The topological polar surface area (TPSA) is 55.3 Å². The summed E-state index contributed by atoms with van der Waals surface area (Å²) in [6, 6.07) is 7.20. The maximum atomic E-state index is 13.0. The SMILES string of the molecule is Cc1n(CCOC(=O)C(c2ccccc2O)C2CCCCCC2)cc[n+]1C.